The zero-order chi connectivity index (χ0) is 16.0. The fourth-order valence-corrected chi connectivity index (χ4v) is 3.34. The van der Waals surface area contributed by atoms with Crippen LogP contribution in [0, 0.1) is 0 Å². The molecule has 23 heavy (non-hydrogen) atoms. The number of hydrogen-bond acceptors (Lipinski definition) is 4. The number of piperidine rings is 1. The molecule has 0 bridgehead atoms. The molecule has 0 saturated carbocycles. The highest BCUT2D eigenvalue weighted by molar-refractivity contribution is 7.89. The average Bonchev–Trinajstić information content (AvgIpc) is 2.54. The predicted octanol–water partition coefficient (Wildman–Crippen LogP) is 1.05. The van der Waals surface area contributed by atoms with Gasteiger partial charge in [0, 0.05) is 24.7 Å². The van der Waals surface area contributed by atoms with Crippen molar-refractivity contribution in [2.24, 2.45) is 0 Å². The summed E-state index contributed by atoms with van der Waals surface area (Å²) in [4.78, 5) is 12.3. The molecule has 0 radical (unpaired) electrons. The van der Waals surface area contributed by atoms with E-state index in [1.54, 1.807) is 12.1 Å². The molecule has 3 N–H and O–H groups in total. The molecule has 6 nitrogen and oxygen atoms in total. The highest BCUT2D eigenvalue weighted by Crippen LogP contribution is 2.12. The normalized spacial score (nSPS) is 17.8. The van der Waals surface area contributed by atoms with Crippen LogP contribution in [0.1, 0.15) is 23.2 Å². The number of amides is 1. The first-order valence-corrected chi connectivity index (χ1v) is 8.73. The second kappa shape index (κ2) is 9.02. The number of sulfonamides is 1. The van der Waals surface area contributed by atoms with Crippen molar-refractivity contribution in [3.05, 3.63) is 42.5 Å². The molecule has 2 rings (SSSR count). The first-order chi connectivity index (χ1) is 10.5. The zero-order valence-electron chi connectivity index (χ0n) is 12.7. The first kappa shape index (κ1) is 19.6. The van der Waals surface area contributed by atoms with Gasteiger partial charge in [0.1, 0.15) is 0 Å². The van der Waals surface area contributed by atoms with Crippen molar-refractivity contribution >= 4 is 28.3 Å². The minimum atomic E-state index is -3.63. The van der Waals surface area contributed by atoms with Gasteiger partial charge in [0.25, 0.3) is 5.91 Å². The second-order valence-corrected chi connectivity index (χ2v) is 6.95. The van der Waals surface area contributed by atoms with Gasteiger partial charge >= 0.3 is 0 Å². The van der Waals surface area contributed by atoms with Crippen molar-refractivity contribution in [2.45, 2.75) is 23.8 Å². The van der Waals surface area contributed by atoms with E-state index in [4.69, 9.17) is 0 Å². The number of hydrogen-bond donors (Lipinski definition) is 3. The molecule has 1 aliphatic rings. The van der Waals surface area contributed by atoms with Crippen LogP contribution >= 0.6 is 12.4 Å². The summed E-state index contributed by atoms with van der Waals surface area (Å²) < 4.78 is 26.5. The smallest absolute Gasteiger partial charge is 0.251 e. The molecule has 1 aromatic rings. The lowest BCUT2D eigenvalue weighted by Gasteiger charge is -2.23. The van der Waals surface area contributed by atoms with Gasteiger partial charge in [-0.25, -0.2) is 13.1 Å². The summed E-state index contributed by atoms with van der Waals surface area (Å²) in [5, 5.41) is 6.14. The van der Waals surface area contributed by atoms with Crippen molar-refractivity contribution in [1.29, 1.82) is 0 Å². The van der Waals surface area contributed by atoms with Crippen LogP contribution in [0.5, 0.6) is 0 Å². The van der Waals surface area contributed by atoms with E-state index in [9.17, 15) is 13.2 Å². The summed E-state index contributed by atoms with van der Waals surface area (Å²) in [6.45, 7) is 5.32. The lowest BCUT2D eigenvalue weighted by Crippen LogP contribution is -2.45. The molecule has 1 amide bonds. The number of carbonyl (C=O) groups is 1. The fraction of sp³-hybridized carbons (Fsp3) is 0.400. The third-order valence-corrected chi connectivity index (χ3v) is 4.88. The van der Waals surface area contributed by atoms with E-state index in [0.717, 1.165) is 25.9 Å². The Kier molecular flexibility index (Phi) is 7.70. The third-order valence-electron chi connectivity index (χ3n) is 3.46. The average molecular weight is 360 g/mol. The molecule has 1 heterocycles. The first-order valence-electron chi connectivity index (χ1n) is 7.25. The lowest BCUT2D eigenvalue weighted by atomic mass is 10.1. The van der Waals surface area contributed by atoms with E-state index in [1.165, 1.54) is 18.2 Å². The van der Waals surface area contributed by atoms with E-state index in [2.05, 4.69) is 21.9 Å². The highest BCUT2D eigenvalue weighted by atomic mass is 35.5. The summed E-state index contributed by atoms with van der Waals surface area (Å²) in [6.07, 6.45) is 3.41. The van der Waals surface area contributed by atoms with E-state index in [-0.39, 0.29) is 35.8 Å². The van der Waals surface area contributed by atoms with E-state index < -0.39 is 10.0 Å². The minimum absolute atomic E-state index is 0. The molecule has 1 aromatic carbocycles. The SMILES string of the molecule is C=CCNS(=O)(=O)c1cccc(C(=O)NC2CCCNC2)c1.Cl. The molecule has 1 atom stereocenters. The summed E-state index contributed by atoms with van der Waals surface area (Å²) in [5.41, 5.74) is 0.340. The standard InChI is InChI=1S/C15H21N3O3S.ClH/c1-2-8-17-22(20,21)14-7-3-5-12(10-14)15(19)18-13-6-4-9-16-11-13;/h2-3,5,7,10,13,16-17H,1,4,6,8-9,11H2,(H,18,19);1H. The highest BCUT2D eigenvalue weighted by Gasteiger charge is 2.18. The number of halogens is 1. The van der Waals surface area contributed by atoms with Crippen molar-refractivity contribution in [2.75, 3.05) is 19.6 Å². The Bertz CT molecular complexity index is 643. The van der Waals surface area contributed by atoms with Gasteiger partial charge in [-0.15, -0.1) is 19.0 Å². The van der Waals surface area contributed by atoms with Crippen molar-refractivity contribution in [3.8, 4) is 0 Å². The monoisotopic (exact) mass is 359 g/mol. The molecule has 1 aliphatic heterocycles. The van der Waals surface area contributed by atoms with Gasteiger partial charge in [0.05, 0.1) is 4.90 Å². The van der Waals surface area contributed by atoms with Crippen LogP contribution in [0.4, 0.5) is 0 Å². The van der Waals surface area contributed by atoms with Crippen LogP contribution in [0.2, 0.25) is 0 Å². The van der Waals surface area contributed by atoms with E-state index >= 15 is 0 Å². The van der Waals surface area contributed by atoms with Crippen LogP contribution in [0.3, 0.4) is 0 Å². The molecule has 0 aromatic heterocycles. The minimum Gasteiger partial charge on any atom is -0.348 e. The van der Waals surface area contributed by atoms with Gasteiger partial charge in [-0.1, -0.05) is 12.1 Å². The Hall–Kier alpha value is -1.41. The van der Waals surface area contributed by atoms with Crippen LogP contribution in [-0.2, 0) is 10.0 Å². The fourth-order valence-electron chi connectivity index (χ4n) is 2.30. The Morgan fingerprint density at radius 1 is 1.43 bits per heavy atom. The van der Waals surface area contributed by atoms with Gasteiger partial charge in [0.2, 0.25) is 10.0 Å². The largest absolute Gasteiger partial charge is 0.348 e. The van der Waals surface area contributed by atoms with Gasteiger partial charge < -0.3 is 10.6 Å². The number of carbonyl (C=O) groups excluding carboxylic acids is 1. The molecule has 1 fully saturated rings. The van der Waals surface area contributed by atoms with Gasteiger partial charge in [-0.2, -0.15) is 0 Å². The Balaban J connectivity index is 0.00000264. The number of nitrogens with one attached hydrogen (secondary N) is 3. The molecule has 1 saturated heterocycles. The summed E-state index contributed by atoms with van der Waals surface area (Å²) in [5.74, 6) is -0.255. The predicted molar refractivity (Wildman–Crippen MR) is 92.4 cm³/mol. The Morgan fingerprint density at radius 3 is 2.87 bits per heavy atom. The molecule has 1 unspecified atom stereocenters. The van der Waals surface area contributed by atoms with Crippen molar-refractivity contribution in [3.63, 3.8) is 0 Å². The van der Waals surface area contributed by atoms with Crippen LogP contribution < -0.4 is 15.4 Å². The van der Waals surface area contributed by atoms with Crippen LogP contribution in [0.25, 0.3) is 0 Å². The van der Waals surface area contributed by atoms with E-state index in [1.807, 2.05) is 0 Å². The Morgan fingerprint density at radius 2 is 2.22 bits per heavy atom. The van der Waals surface area contributed by atoms with Gasteiger partial charge in [0.15, 0.2) is 0 Å². The second-order valence-electron chi connectivity index (χ2n) is 5.19. The maximum Gasteiger partial charge on any atom is 0.251 e. The quantitative estimate of drug-likeness (QED) is 0.663. The van der Waals surface area contributed by atoms with Gasteiger partial charge in [-0.3, -0.25) is 4.79 Å². The summed E-state index contributed by atoms with van der Waals surface area (Å²) in [7, 11) is -3.63. The summed E-state index contributed by atoms with van der Waals surface area (Å²) in [6, 6.07) is 6.11. The third kappa shape index (κ3) is 5.62. The molecule has 0 aliphatic carbocycles. The summed E-state index contributed by atoms with van der Waals surface area (Å²) >= 11 is 0. The van der Waals surface area contributed by atoms with Crippen LogP contribution in [-0.4, -0.2) is 40.0 Å². The molecule has 8 heteroatoms. The maximum absolute atomic E-state index is 12.2. The van der Waals surface area contributed by atoms with Crippen molar-refractivity contribution < 1.29 is 13.2 Å². The Labute approximate surface area is 143 Å². The van der Waals surface area contributed by atoms with Crippen LogP contribution in [0.15, 0.2) is 41.8 Å². The van der Waals surface area contributed by atoms with Crippen molar-refractivity contribution in [1.82, 2.24) is 15.4 Å². The topological polar surface area (TPSA) is 87.3 Å². The molecule has 0 spiro atoms. The number of benzene rings is 1. The molecular formula is C15H22ClN3O3S. The molecular weight excluding hydrogens is 338 g/mol. The van der Waals surface area contributed by atoms with E-state index in [0.29, 0.717) is 5.56 Å². The maximum atomic E-state index is 12.2. The van der Waals surface area contributed by atoms with Gasteiger partial charge in [-0.05, 0) is 37.6 Å². The number of rotatable bonds is 6. The molecule has 128 valence electrons. The lowest BCUT2D eigenvalue weighted by molar-refractivity contribution is 0.0930. The zero-order valence-corrected chi connectivity index (χ0v) is 14.4.